The van der Waals surface area contributed by atoms with E-state index in [1.807, 2.05) is 24.4 Å². The zero-order valence-electron chi connectivity index (χ0n) is 8.69. The van der Waals surface area contributed by atoms with Crippen LogP contribution in [0, 0.1) is 0 Å². The van der Waals surface area contributed by atoms with Crippen molar-refractivity contribution < 1.29 is 0 Å². The third-order valence-corrected chi connectivity index (χ3v) is 2.52. The summed E-state index contributed by atoms with van der Waals surface area (Å²) in [6.07, 6.45) is 4.82. The average molecular weight is 198 g/mol. The molecule has 0 spiro atoms. The zero-order valence-corrected chi connectivity index (χ0v) is 8.69. The molecule has 0 fully saturated rings. The molecule has 2 radical (unpaired) electrons. The first-order chi connectivity index (χ1) is 7.40. The van der Waals surface area contributed by atoms with Crippen molar-refractivity contribution >= 4 is 10.9 Å². The molecule has 76 valence electrons. The quantitative estimate of drug-likeness (QED) is 0.695. The molecule has 0 aliphatic carbocycles. The fourth-order valence-electron chi connectivity index (χ4n) is 1.69. The summed E-state index contributed by atoms with van der Waals surface area (Å²) in [5.74, 6) is 0. The largest absolute Gasteiger partial charge is 0.256 e. The van der Waals surface area contributed by atoms with Gasteiger partial charge in [-0.25, -0.2) is 0 Å². The van der Waals surface area contributed by atoms with Gasteiger partial charge in [-0.05, 0) is 37.0 Å². The maximum Gasteiger partial charge on any atom is 0.0702 e. The summed E-state index contributed by atoms with van der Waals surface area (Å²) in [5.41, 5.74) is 11.0. The third-order valence-electron chi connectivity index (χ3n) is 2.52. The second-order valence-electron chi connectivity index (χ2n) is 3.72. The molecule has 1 aromatic carbocycles. The lowest BCUT2D eigenvalue weighted by Gasteiger charge is -2.02. The highest BCUT2D eigenvalue weighted by molar-refractivity contribution is 5.78. The van der Waals surface area contributed by atoms with Crippen molar-refractivity contribution in [3.63, 3.8) is 0 Å². The van der Waals surface area contributed by atoms with E-state index in [-0.39, 0.29) is 6.54 Å². The van der Waals surface area contributed by atoms with Crippen LogP contribution in [0.15, 0.2) is 36.5 Å². The number of aromatic nitrogens is 1. The van der Waals surface area contributed by atoms with Crippen LogP contribution in [0.1, 0.15) is 18.4 Å². The van der Waals surface area contributed by atoms with Crippen LogP contribution < -0.4 is 5.73 Å². The molecule has 0 aliphatic heterocycles. The second-order valence-corrected chi connectivity index (χ2v) is 3.72. The van der Waals surface area contributed by atoms with E-state index in [0.717, 1.165) is 24.8 Å². The van der Waals surface area contributed by atoms with Crippen LogP contribution in [0.4, 0.5) is 0 Å². The lowest BCUT2D eigenvalue weighted by atomic mass is 10.1. The van der Waals surface area contributed by atoms with Crippen LogP contribution in [-0.4, -0.2) is 11.5 Å². The molecular weight excluding hydrogens is 184 g/mol. The molecule has 1 heterocycles. The Morgan fingerprint density at radius 3 is 2.87 bits per heavy atom. The minimum atomic E-state index is 0.279. The number of nitrogens with zero attached hydrogens (tertiary/aromatic N) is 2. The molecule has 0 unspecified atom stereocenters. The number of hydrogen-bond donors (Lipinski definition) is 0. The van der Waals surface area contributed by atoms with Crippen LogP contribution >= 0.6 is 0 Å². The van der Waals surface area contributed by atoms with Crippen LogP contribution in [0.5, 0.6) is 0 Å². The summed E-state index contributed by atoms with van der Waals surface area (Å²) in [6, 6.07) is 10.3. The predicted molar refractivity (Wildman–Crippen MR) is 61.7 cm³/mol. The molecule has 0 atom stereocenters. The van der Waals surface area contributed by atoms with Gasteiger partial charge in [-0.1, -0.05) is 18.2 Å². The first-order valence-corrected chi connectivity index (χ1v) is 5.34. The van der Waals surface area contributed by atoms with Crippen molar-refractivity contribution in [3.8, 4) is 0 Å². The average Bonchev–Trinajstić information content (AvgIpc) is 2.29. The smallest absolute Gasteiger partial charge is 0.0702 e. The molecule has 0 aliphatic rings. The topological polar surface area (TPSA) is 35.2 Å². The van der Waals surface area contributed by atoms with Gasteiger partial charge in [0.15, 0.2) is 0 Å². The van der Waals surface area contributed by atoms with E-state index in [1.54, 1.807) is 0 Å². The summed E-state index contributed by atoms with van der Waals surface area (Å²) in [7, 11) is 0. The predicted octanol–water partition coefficient (Wildman–Crippen LogP) is 2.63. The van der Waals surface area contributed by atoms with Gasteiger partial charge in [0.25, 0.3) is 0 Å². The van der Waals surface area contributed by atoms with E-state index in [1.165, 1.54) is 10.9 Å². The molecule has 2 aromatic rings. The van der Waals surface area contributed by atoms with Gasteiger partial charge >= 0.3 is 0 Å². The number of hydrogen-bond acceptors (Lipinski definition) is 1. The van der Waals surface area contributed by atoms with E-state index < -0.39 is 0 Å². The number of benzene rings is 1. The molecular formula is C13H14N2. The summed E-state index contributed by atoms with van der Waals surface area (Å²) in [5, 5.41) is 1.19. The van der Waals surface area contributed by atoms with Crippen LogP contribution in [0.25, 0.3) is 10.9 Å². The molecule has 0 saturated carbocycles. The lowest BCUT2D eigenvalue weighted by molar-refractivity contribution is 0.734. The number of aryl methyl sites for hydroxylation is 1. The first kappa shape index (κ1) is 10.1. The third kappa shape index (κ3) is 2.54. The van der Waals surface area contributed by atoms with Gasteiger partial charge in [0, 0.05) is 18.1 Å². The fraction of sp³-hybridized carbons (Fsp3) is 0.308. The van der Waals surface area contributed by atoms with Gasteiger partial charge in [-0.3, -0.25) is 4.98 Å². The Balaban J connectivity index is 2.16. The standard InChI is InChI=1S/C13H14N2/c14-8-4-3-5-11-9-12-6-1-2-7-13(12)15-10-11/h1-2,6-7,9-10H,3-5,8H2. The summed E-state index contributed by atoms with van der Waals surface area (Å²) < 4.78 is 0. The van der Waals surface area contributed by atoms with Gasteiger partial charge < -0.3 is 0 Å². The van der Waals surface area contributed by atoms with Crippen molar-refractivity contribution in [3.05, 3.63) is 42.1 Å². The Bertz CT molecular complexity index is 437. The normalized spacial score (nSPS) is 10.7. The fourth-order valence-corrected chi connectivity index (χ4v) is 1.69. The highest BCUT2D eigenvalue weighted by Gasteiger charge is 1.97. The number of rotatable bonds is 4. The van der Waals surface area contributed by atoms with E-state index in [2.05, 4.69) is 17.1 Å². The van der Waals surface area contributed by atoms with E-state index in [4.69, 9.17) is 5.73 Å². The molecule has 2 nitrogen and oxygen atoms in total. The van der Waals surface area contributed by atoms with Gasteiger partial charge in [0.1, 0.15) is 0 Å². The Kier molecular flexibility index (Phi) is 3.30. The Labute approximate surface area is 90.1 Å². The monoisotopic (exact) mass is 198 g/mol. The Morgan fingerprint density at radius 2 is 2.00 bits per heavy atom. The maximum absolute atomic E-state index is 8.70. The molecule has 0 amide bonds. The Hall–Kier alpha value is -1.41. The van der Waals surface area contributed by atoms with Crippen molar-refractivity contribution in [1.82, 2.24) is 10.7 Å². The van der Waals surface area contributed by atoms with Crippen LogP contribution in [0.2, 0.25) is 0 Å². The second kappa shape index (κ2) is 4.89. The number of para-hydroxylation sites is 1. The summed E-state index contributed by atoms with van der Waals surface area (Å²) in [6.45, 7) is 0.279. The summed E-state index contributed by atoms with van der Waals surface area (Å²) in [4.78, 5) is 4.40. The van der Waals surface area contributed by atoms with E-state index >= 15 is 0 Å². The number of unbranched alkanes of at least 4 members (excludes halogenated alkanes) is 1. The van der Waals surface area contributed by atoms with Crippen molar-refractivity contribution in [1.29, 1.82) is 0 Å². The molecule has 0 saturated heterocycles. The highest BCUT2D eigenvalue weighted by atomic mass is 14.6. The SMILES string of the molecule is [N]CCCCc1cnc2ccccc2c1. The Morgan fingerprint density at radius 1 is 1.13 bits per heavy atom. The van der Waals surface area contributed by atoms with Crippen molar-refractivity contribution in [2.75, 3.05) is 6.54 Å². The van der Waals surface area contributed by atoms with E-state index in [9.17, 15) is 0 Å². The highest BCUT2D eigenvalue weighted by Crippen LogP contribution is 2.13. The summed E-state index contributed by atoms with van der Waals surface area (Å²) >= 11 is 0. The minimum Gasteiger partial charge on any atom is -0.256 e. The van der Waals surface area contributed by atoms with Crippen LogP contribution in [0.3, 0.4) is 0 Å². The first-order valence-electron chi connectivity index (χ1n) is 5.34. The van der Waals surface area contributed by atoms with Gasteiger partial charge in [0.2, 0.25) is 0 Å². The van der Waals surface area contributed by atoms with E-state index in [0.29, 0.717) is 0 Å². The molecule has 2 rings (SSSR count). The van der Waals surface area contributed by atoms with Gasteiger partial charge in [0.05, 0.1) is 5.52 Å². The van der Waals surface area contributed by atoms with Gasteiger partial charge in [-0.15, -0.1) is 5.73 Å². The molecule has 0 bridgehead atoms. The van der Waals surface area contributed by atoms with Crippen molar-refractivity contribution in [2.24, 2.45) is 0 Å². The minimum absolute atomic E-state index is 0.279. The number of pyridine rings is 1. The molecule has 1 aromatic heterocycles. The zero-order chi connectivity index (χ0) is 10.5. The molecule has 0 N–H and O–H groups in total. The van der Waals surface area contributed by atoms with Crippen molar-refractivity contribution in [2.45, 2.75) is 19.3 Å². The van der Waals surface area contributed by atoms with Crippen LogP contribution in [-0.2, 0) is 6.42 Å². The molecule has 2 heteroatoms. The van der Waals surface area contributed by atoms with Gasteiger partial charge in [-0.2, -0.15) is 0 Å². The lowest BCUT2D eigenvalue weighted by Crippen LogP contribution is -1.91. The molecule has 15 heavy (non-hydrogen) atoms. The maximum atomic E-state index is 8.70. The number of fused-ring (bicyclic) bond motifs is 1.